The average Bonchev–Trinajstić information content (AvgIpc) is 2.58. The molecule has 152 valence electrons. The number of amides is 1. The normalized spacial score (nSPS) is 13.5. The Bertz CT molecular complexity index is 823. The van der Waals surface area contributed by atoms with Gasteiger partial charge in [-0.1, -0.05) is 19.9 Å². The molecule has 1 amide bonds. The Labute approximate surface area is 164 Å². The molecule has 2 rings (SSSR count). The lowest BCUT2D eigenvalue weighted by Crippen LogP contribution is -2.43. The van der Waals surface area contributed by atoms with Gasteiger partial charge < -0.3 is 15.8 Å². The summed E-state index contributed by atoms with van der Waals surface area (Å²) in [7, 11) is 0. The van der Waals surface area contributed by atoms with Crippen LogP contribution in [0.15, 0.2) is 36.5 Å². The summed E-state index contributed by atoms with van der Waals surface area (Å²) in [5.41, 5.74) is 6.65. The first-order chi connectivity index (χ1) is 13.1. The summed E-state index contributed by atoms with van der Waals surface area (Å²) in [4.78, 5) is 15.2. The summed E-state index contributed by atoms with van der Waals surface area (Å²) in [5.74, 6) is 0.597. The van der Waals surface area contributed by atoms with Crippen LogP contribution in [0.4, 0.5) is 14.6 Å². The van der Waals surface area contributed by atoms with Crippen LogP contribution in [0, 0.1) is 5.92 Å². The maximum atomic E-state index is 13.6. The molecular weight excluding hydrogens is 364 g/mol. The molecular formula is C21H27F2N3O2. The second kappa shape index (κ2) is 9.10. The Morgan fingerprint density at radius 2 is 1.93 bits per heavy atom. The molecule has 2 aromatic rings. The first-order valence-electron chi connectivity index (χ1n) is 9.15. The highest BCUT2D eigenvalue weighted by Crippen LogP contribution is 2.34. The van der Waals surface area contributed by atoms with E-state index in [1.807, 2.05) is 6.92 Å². The SMILES string of the molecule is CC(=O)Nc1cc(-c2ccc(OCC(C)(N)CC(C)C)c(C(F)F)c2)ccn1. The fraction of sp³-hybridized carbons (Fsp3) is 0.429. The third-order valence-electron chi connectivity index (χ3n) is 4.07. The summed E-state index contributed by atoms with van der Waals surface area (Å²) < 4.78 is 32.9. The molecule has 1 heterocycles. The van der Waals surface area contributed by atoms with Gasteiger partial charge >= 0.3 is 0 Å². The number of nitrogens with zero attached hydrogens (tertiary/aromatic N) is 1. The molecule has 0 saturated heterocycles. The second-order valence-electron chi connectivity index (χ2n) is 7.70. The van der Waals surface area contributed by atoms with Crippen LogP contribution in [-0.4, -0.2) is 23.0 Å². The van der Waals surface area contributed by atoms with Crippen molar-refractivity contribution < 1.29 is 18.3 Å². The van der Waals surface area contributed by atoms with E-state index in [9.17, 15) is 13.6 Å². The topological polar surface area (TPSA) is 77.2 Å². The van der Waals surface area contributed by atoms with Gasteiger partial charge in [0.05, 0.1) is 5.56 Å². The van der Waals surface area contributed by atoms with Crippen molar-refractivity contribution in [3.8, 4) is 16.9 Å². The number of aromatic nitrogens is 1. The fourth-order valence-corrected chi connectivity index (χ4v) is 3.12. The molecule has 1 atom stereocenters. The second-order valence-corrected chi connectivity index (χ2v) is 7.70. The predicted molar refractivity (Wildman–Crippen MR) is 106 cm³/mol. The molecule has 0 spiro atoms. The van der Waals surface area contributed by atoms with Crippen molar-refractivity contribution in [2.24, 2.45) is 11.7 Å². The number of pyridine rings is 1. The summed E-state index contributed by atoms with van der Waals surface area (Å²) >= 11 is 0. The lowest BCUT2D eigenvalue weighted by atomic mass is 9.93. The number of benzene rings is 1. The van der Waals surface area contributed by atoms with E-state index in [4.69, 9.17) is 10.5 Å². The van der Waals surface area contributed by atoms with E-state index in [-0.39, 0.29) is 23.8 Å². The van der Waals surface area contributed by atoms with E-state index in [1.54, 1.807) is 18.2 Å². The van der Waals surface area contributed by atoms with Gasteiger partial charge in [-0.15, -0.1) is 0 Å². The third-order valence-corrected chi connectivity index (χ3v) is 4.07. The maximum Gasteiger partial charge on any atom is 0.267 e. The summed E-state index contributed by atoms with van der Waals surface area (Å²) in [6, 6.07) is 7.94. The molecule has 0 aliphatic heterocycles. The van der Waals surface area contributed by atoms with Gasteiger partial charge in [-0.25, -0.2) is 13.8 Å². The van der Waals surface area contributed by atoms with Crippen molar-refractivity contribution in [2.45, 2.75) is 46.1 Å². The van der Waals surface area contributed by atoms with E-state index in [2.05, 4.69) is 24.1 Å². The minimum absolute atomic E-state index is 0.121. The highest BCUT2D eigenvalue weighted by Gasteiger charge is 2.23. The van der Waals surface area contributed by atoms with E-state index in [0.717, 1.165) is 6.42 Å². The van der Waals surface area contributed by atoms with Crippen LogP contribution in [0.3, 0.4) is 0 Å². The molecule has 0 radical (unpaired) electrons. The molecule has 0 fully saturated rings. The van der Waals surface area contributed by atoms with E-state index >= 15 is 0 Å². The smallest absolute Gasteiger partial charge is 0.267 e. The van der Waals surface area contributed by atoms with Crippen molar-refractivity contribution >= 4 is 11.7 Å². The average molecular weight is 391 g/mol. The van der Waals surface area contributed by atoms with Crippen LogP contribution in [0.5, 0.6) is 5.75 Å². The molecule has 0 aliphatic rings. The monoisotopic (exact) mass is 391 g/mol. The van der Waals surface area contributed by atoms with Crippen molar-refractivity contribution in [2.75, 3.05) is 11.9 Å². The van der Waals surface area contributed by atoms with E-state index in [0.29, 0.717) is 22.9 Å². The van der Waals surface area contributed by atoms with Gasteiger partial charge in [-0.2, -0.15) is 0 Å². The van der Waals surface area contributed by atoms with Crippen LogP contribution >= 0.6 is 0 Å². The van der Waals surface area contributed by atoms with Crippen LogP contribution in [0.25, 0.3) is 11.1 Å². The Morgan fingerprint density at radius 1 is 1.25 bits per heavy atom. The first-order valence-corrected chi connectivity index (χ1v) is 9.15. The number of ether oxygens (including phenoxy) is 1. The summed E-state index contributed by atoms with van der Waals surface area (Å²) in [5, 5.41) is 2.58. The van der Waals surface area contributed by atoms with Gasteiger partial charge in [0.1, 0.15) is 18.2 Å². The zero-order chi connectivity index (χ0) is 20.9. The molecule has 28 heavy (non-hydrogen) atoms. The number of halogens is 2. The van der Waals surface area contributed by atoms with Crippen molar-refractivity contribution in [3.63, 3.8) is 0 Å². The quantitative estimate of drug-likeness (QED) is 0.678. The zero-order valence-corrected chi connectivity index (χ0v) is 16.6. The van der Waals surface area contributed by atoms with Crippen LogP contribution < -0.4 is 15.8 Å². The van der Waals surface area contributed by atoms with Crippen LogP contribution in [-0.2, 0) is 4.79 Å². The van der Waals surface area contributed by atoms with Gasteiger partial charge in [0.25, 0.3) is 6.43 Å². The first kappa shape index (κ1) is 21.8. The number of alkyl halides is 2. The number of carbonyl (C=O) groups is 1. The fourth-order valence-electron chi connectivity index (χ4n) is 3.12. The Kier molecular flexibility index (Phi) is 7.07. The van der Waals surface area contributed by atoms with Gasteiger partial charge in [-0.05, 0) is 54.7 Å². The van der Waals surface area contributed by atoms with Gasteiger partial charge in [0, 0.05) is 18.7 Å². The Morgan fingerprint density at radius 3 is 2.54 bits per heavy atom. The lowest BCUT2D eigenvalue weighted by molar-refractivity contribution is -0.114. The summed E-state index contributed by atoms with van der Waals surface area (Å²) in [6.07, 6.45) is -0.461. The zero-order valence-electron chi connectivity index (χ0n) is 16.6. The van der Waals surface area contributed by atoms with Crippen molar-refractivity contribution in [1.82, 2.24) is 4.98 Å². The molecule has 1 unspecified atom stereocenters. The maximum absolute atomic E-state index is 13.6. The number of nitrogens with two attached hydrogens (primary N) is 1. The minimum Gasteiger partial charge on any atom is -0.491 e. The molecule has 7 heteroatoms. The molecule has 0 saturated carbocycles. The number of rotatable bonds is 8. The van der Waals surface area contributed by atoms with Gasteiger partial charge in [-0.3, -0.25) is 4.79 Å². The largest absolute Gasteiger partial charge is 0.491 e. The van der Waals surface area contributed by atoms with Crippen LogP contribution in [0.2, 0.25) is 0 Å². The number of hydrogen-bond donors (Lipinski definition) is 2. The lowest BCUT2D eigenvalue weighted by Gasteiger charge is -2.27. The van der Waals surface area contributed by atoms with Crippen molar-refractivity contribution in [1.29, 1.82) is 0 Å². The van der Waals surface area contributed by atoms with E-state index < -0.39 is 12.0 Å². The van der Waals surface area contributed by atoms with E-state index in [1.165, 1.54) is 25.3 Å². The standard InChI is InChI=1S/C21H27F2N3O2/c1-13(2)11-21(4,24)12-28-18-6-5-15(9-17(18)20(22)23)16-7-8-25-19(10-16)26-14(3)27/h5-10,13,20H,11-12,24H2,1-4H3,(H,25,26,27). The molecule has 1 aromatic heterocycles. The minimum atomic E-state index is -2.69. The molecule has 0 bridgehead atoms. The molecule has 3 N–H and O–H groups in total. The predicted octanol–water partition coefficient (Wildman–Crippen LogP) is 4.79. The summed E-state index contributed by atoms with van der Waals surface area (Å²) in [6.45, 7) is 7.47. The third kappa shape index (κ3) is 6.27. The number of anilines is 1. The van der Waals surface area contributed by atoms with Crippen LogP contribution in [0.1, 0.15) is 46.1 Å². The molecule has 0 aliphatic carbocycles. The van der Waals surface area contributed by atoms with Crippen molar-refractivity contribution in [3.05, 3.63) is 42.1 Å². The highest BCUT2D eigenvalue weighted by atomic mass is 19.3. The Hall–Kier alpha value is -2.54. The Balaban J connectivity index is 2.27. The highest BCUT2D eigenvalue weighted by molar-refractivity contribution is 5.88. The number of carbonyl (C=O) groups excluding carboxylic acids is 1. The number of hydrogen-bond acceptors (Lipinski definition) is 4. The van der Waals surface area contributed by atoms with Gasteiger partial charge in [0.2, 0.25) is 5.91 Å². The molecule has 5 nitrogen and oxygen atoms in total. The van der Waals surface area contributed by atoms with Gasteiger partial charge in [0.15, 0.2) is 0 Å². The number of nitrogens with one attached hydrogen (secondary N) is 1. The molecule has 1 aromatic carbocycles.